The van der Waals surface area contributed by atoms with E-state index in [1.807, 2.05) is 6.07 Å². The maximum Gasteiger partial charge on any atom is 0.176 e. The fourth-order valence-corrected chi connectivity index (χ4v) is 4.12. The summed E-state index contributed by atoms with van der Waals surface area (Å²) in [6.45, 7) is 7.33. The molecule has 2 unspecified atom stereocenters. The zero-order valence-corrected chi connectivity index (χ0v) is 13.4. The summed E-state index contributed by atoms with van der Waals surface area (Å²) < 4.78 is 0. The zero-order chi connectivity index (χ0) is 14.8. The topological polar surface area (TPSA) is 20.3 Å². The Morgan fingerprint density at radius 1 is 1.10 bits per heavy atom. The van der Waals surface area contributed by atoms with Crippen molar-refractivity contribution in [1.82, 2.24) is 4.90 Å². The second kappa shape index (κ2) is 6.31. The van der Waals surface area contributed by atoms with Crippen molar-refractivity contribution in [2.45, 2.75) is 46.0 Å². The van der Waals surface area contributed by atoms with Crippen molar-refractivity contribution in [3.8, 4) is 0 Å². The normalized spacial score (nSPS) is 26.4. The van der Waals surface area contributed by atoms with Crippen molar-refractivity contribution < 1.29 is 4.79 Å². The van der Waals surface area contributed by atoms with Crippen LogP contribution in [0.3, 0.4) is 0 Å². The number of piperidine rings is 1. The molecule has 0 bridgehead atoms. The molecule has 1 aliphatic carbocycles. The van der Waals surface area contributed by atoms with Crippen LogP contribution in [0.15, 0.2) is 18.2 Å². The van der Waals surface area contributed by atoms with E-state index in [4.69, 9.17) is 0 Å². The van der Waals surface area contributed by atoms with Crippen LogP contribution in [0.5, 0.6) is 0 Å². The maximum atomic E-state index is 12.6. The lowest BCUT2D eigenvalue weighted by Gasteiger charge is -2.34. The van der Waals surface area contributed by atoms with Crippen LogP contribution in [0, 0.1) is 11.8 Å². The Morgan fingerprint density at radius 3 is 2.48 bits per heavy atom. The predicted molar refractivity (Wildman–Crippen MR) is 86.8 cm³/mol. The van der Waals surface area contributed by atoms with Gasteiger partial charge in [-0.15, -0.1) is 0 Å². The third-order valence-corrected chi connectivity index (χ3v) is 4.98. The van der Waals surface area contributed by atoms with Crippen LogP contribution in [-0.4, -0.2) is 30.3 Å². The second-order valence-corrected chi connectivity index (χ2v) is 7.25. The van der Waals surface area contributed by atoms with Crippen molar-refractivity contribution >= 4 is 5.78 Å². The maximum absolute atomic E-state index is 12.6. The number of hydrogen-bond donors (Lipinski definition) is 0. The van der Waals surface area contributed by atoms with E-state index in [-0.39, 0.29) is 0 Å². The first kappa shape index (κ1) is 14.8. The number of hydrogen-bond acceptors (Lipinski definition) is 2. The minimum atomic E-state index is 0.296. The van der Waals surface area contributed by atoms with Gasteiger partial charge in [-0.05, 0) is 61.1 Å². The molecule has 1 heterocycles. The largest absolute Gasteiger partial charge is 0.295 e. The molecule has 2 atom stereocenters. The fourth-order valence-electron chi connectivity index (χ4n) is 4.12. The van der Waals surface area contributed by atoms with E-state index in [1.165, 1.54) is 36.8 Å². The average molecular weight is 285 g/mol. The Balaban J connectivity index is 1.67. The molecule has 0 aromatic heterocycles. The Labute approximate surface area is 128 Å². The lowest BCUT2D eigenvalue weighted by Crippen LogP contribution is -2.41. The quantitative estimate of drug-likeness (QED) is 0.789. The van der Waals surface area contributed by atoms with Crippen LogP contribution < -0.4 is 0 Å². The number of benzene rings is 1. The highest BCUT2D eigenvalue weighted by Crippen LogP contribution is 2.24. The third kappa shape index (κ3) is 3.55. The first-order valence-corrected chi connectivity index (χ1v) is 8.49. The Bertz CT molecular complexity index is 512. The molecule has 1 fully saturated rings. The van der Waals surface area contributed by atoms with E-state index in [0.717, 1.165) is 25.1 Å². The standard InChI is InChI=1S/C19H27NO/c1-14-9-15(2)12-20(11-14)13-19(21)18-8-7-16-5-3-4-6-17(16)10-18/h7-8,10,14-15H,3-6,9,11-13H2,1-2H3. The molecule has 1 saturated heterocycles. The number of aryl methyl sites for hydroxylation is 2. The Hall–Kier alpha value is -1.15. The third-order valence-electron chi connectivity index (χ3n) is 4.98. The number of likely N-dealkylation sites (tertiary alicyclic amines) is 1. The van der Waals surface area contributed by atoms with Gasteiger partial charge in [-0.2, -0.15) is 0 Å². The van der Waals surface area contributed by atoms with Crippen LogP contribution in [0.1, 0.15) is 54.6 Å². The van der Waals surface area contributed by atoms with Gasteiger partial charge >= 0.3 is 0 Å². The van der Waals surface area contributed by atoms with Gasteiger partial charge in [0.15, 0.2) is 5.78 Å². The number of Topliss-reactive ketones (excluding diaryl/α,β-unsaturated/α-hetero) is 1. The molecule has 0 spiro atoms. The van der Waals surface area contributed by atoms with Crippen LogP contribution in [0.4, 0.5) is 0 Å². The molecule has 0 radical (unpaired) electrons. The number of carbonyl (C=O) groups excluding carboxylic acids is 1. The van der Waals surface area contributed by atoms with Crippen molar-refractivity contribution in [3.05, 3.63) is 34.9 Å². The zero-order valence-electron chi connectivity index (χ0n) is 13.4. The van der Waals surface area contributed by atoms with Crippen LogP contribution >= 0.6 is 0 Å². The van der Waals surface area contributed by atoms with Gasteiger partial charge in [-0.1, -0.05) is 26.0 Å². The number of rotatable bonds is 3. The van der Waals surface area contributed by atoms with Crippen LogP contribution in [-0.2, 0) is 12.8 Å². The minimum absolute atomic E-state index is 0.296. The van der Waals surface area contributed by atoms with Crippen molar-refractivity contribution in [2.75, 3.05) is 19.6 Å². The molecular weight excluding hydrogens is 258 g/mol. The smallest absolute Gasteiger partial charge is 0.176 e. The lowest BCUT2D eigenvalue weighted by molar-refractivity contribution is 0.0849. The molecule has 3 rings (SSSR count). The lowest BCUT2D eigenvalue weighted by atomic mass is 9.89. The van der Waals surface area contributed by atoms with Gasteiger partial charge in [0.1, 0.15) is 0 Å². The fraction of sp³-hybridized carbons (Fsp3) is 0.632. The van der Waals surface area contributed by atoms with E-state index < -0.39 is 0 Å². The van der Waals surface area contributed by atoms with Crippen LogP contribution in [0.25, 0.3) is 0 Å². The van der Waals surface area contributed by atoms with Gasteiger partial charge < -0.3 is 0 Å². The summed E-state index contributed by atoms with van der Waals surface area (Å²) >= 11 is 0. The Morgan fingerprint density at radius 2 is 1.76 bits per heavy atom. The van der Waals surface area contributed by atoms with Crippen molar-refractivity contribution in [1.29, 1.82) is 0 Å². The van der Waals surface area contributed by atoms with E-state index >= 15 is 0 Å². The highest BCUT2D eigenvalue weighted by molar-refractivity contribution is 5.97. The highest BCUT2D eigenvalue weighted by atomic mass is 16.1. The minimum Gasteiger partial charge on any atom is -0.295 e. The summed E-state index contributed by atoms with van der Waals surface area (Å²) in [6.07, 6.45) is 6.19. The summed E-state index contributed by atoms with van der Waals surface area (Å²) in [6, 6.07) is 6.39. The van der Waals surface area contributed by atoms with Crippen molar-refractivity contribution in [2.24, 2.45) is 11.8 Å². The molecule has 0 amide bonds. The highest BCUT2D eigenvalue weighted by Gasteiger charge is 2.24. The van der Waals surface area contributed by atoms with Gasteiger partial charge in [0.25, 0.3) is 0 Å². The molecule has 114 valence electrons. The molecular formula is C19H27NO. The van der Waals surface area contributed by atoms with Gasteiger partial charge in [0.05, 0.1) is 6.54 Å². The summed E-state index contributed by atoms with van der Waals surface area (Å²) in [5.74, 6) is 1.72. The second-order valence-electron chi connectivity index (χ2n) is 7.25. The van der Waals surface area contributed by atoms with Crippen molar-refractivity contribution in [3.63, 3.8) is 0 Å². The molecule has 0 N–H and O–H groups in total. The number of fused-ring (bicyclic) bond motifs is 1. The van der Waals surface area contributed by atoms with E-state index in [9.17, 15) is 4.79 Å². The summed E-state index contributed by atoms with van der Waals surface area (Å²) in [5.41, 5.74) is 3.78. The van der Waals surface area contributed by atoms with E-state index in [1.54, 1.807) is 0 Å². The molecule has 1 aromatic carbocycles. The first-order chi connectivity index (χ1) is 10.1. The molecule has 1 aromatic rings. The van der Waals surface area contributed by atoms with Crippen LogP contribution in [0.2, 0.25) is 0 Å². The van der Waals surface area contributed by atoms with Gasteiger partial charge in [-0.25, -0.2) is 0 Å². The molecule has 2 heteroatoms. The van der Waals surface area contributed by atoms with E-state index in [0.29, 0.717) is 24.2 Å². The van der Waals surface area contributed by atoms with Gasteiger partial charge in [0.2, 0.25) is 0 Å². The number of carbonyl (C=O) groups is 1. The molecule has 0 saturated carbocycles. The van der Waals surface area contributed by atoms with Gasteiger partial charge in [0, 0.05) is 18.7 Å². The summed E-state index contributed by atoms with van der Waals surface area (Å²) in [7, 11) is 0. The summed E-state index contributed by atoms with van der Waals surface area (Å²) in [4.78, 5) is 14.9. The number of nitrogens with zero attached hydrogens (tertiary/aromatic N) is 1. The molecule has 21 heavy (non-hydrogen) atoms. The summed E-state index contributed by atoms with van der Waals surface area (Å²) in [5, 5.41) is 0. The van der Waals surface area contributed by atoms with Gasteiger partial charge in [-0.3, -0.25) is 9.69 Å². The first-order valence-electron chi connectivity index (χ1n) is 8.49. The molecule has 1 aliphatic heterocycles. The predicted octanol–water partition coefficient (Wildman–Crippen LogP) is 3.73. The van der Waals surface area contributed by atoms with E-state index in [2.05, 4.69) is 30.9 Å². The Kier molecular flexibility index (Phi) is 4.44. The molecule has 2 aliphatic rings. The average Bonchev–Trinajstić information content (AvgIpc) is 2.45. The monoisotopic (exact) mass is 285 g/mol. The SMILES string of the molecule is CC1CC(C)CN(CC(=O)c2ccc3c(c2)CCCC3)C1. The molecule has 2 nitrogen and oxygen atoms in total. The number of ketones is 1.